The molecule has 2 saturated heterocycles. The fraction of sp³-hybridized carbons (Fsp3) is 0.929. The van der Waals surface area contributed by atoms with Crippen LogP contribution in [0, 0.1) is 5.92 Å². The molecule has 2 heterocycles. The number of likely N-dealkylation sites (tertiary alicyclic amines) is 1. The van der Waals surface area contributed by atoms with Gasteiger partial charge in [0.25, 0.3) is 0 Å². The Morgan fingerprint density at radius 3 is 2.60 bits per heavy atom. The maximum absolute atomic E-state index is 13.2. The number of nitrogens with zero attached hydrogens (tertiary/aromatic N) is 2. The van der Waals surface area contributed by atoms with E-state index in [9.17, 15) is 13.6 Å². The van der Waals surface area contributed by atoms with Crippen LogP contribution in [0.1, 0.15) is 25.7 Å². The molecule has 3 rings (SSSR count). The molecular formula is C14H22F2N2O2. The molecule has 6 heteroatoms. The first-order valence-electron chi connectivity index (χ1n) is 7.45. The van der Waals surface area contributed by atoms with E-state index in [2.05, 4.69) is 11.9 Å². The Bertz CT molecular complexity index is 381. The van der Waals surface area contributed by atoms with Crippen molar-refractivity contribution in [1.29, 1.82) is 0 Å². The molecule has 0 N–H and O–H groups in total. The van der Waals surface area contributed by atoms with E-state index >= 15 is 0 Å². The highest BCUT2D eigenvalue weighted by Gasteiger charge is 2.44. The van der Waals surface area contributed by atoms with Gasteiger partial charge in [-0.1, -0.05) is 0 Å². The molecule has 2 aliphatic heterocycles. The summed E-state index contributed by atoms with van der Waals surface area (Å²) >= 11 is 0. The Labute approximate surface area is 118 Å². The van der Waals surface area contributed by atoms with Crippen LogP contribution in [0.3, 0.4) is 0 Å². The van der Waals surface area contributed by atoms with Gasteiger partial charge < -0.3 is 9.64 Å². The highest BCUT2D eigenvalue weighted by molar-refractivity contribution is 5.79. The van der Waals surface area contributed by atoms with Crippen molar-refractivity contribution in [3.63, 3.8) is 0 Å². The average Bonchev–Trinajstić information content (AvgIpc) is 2.83. The van der Waals surface area contributed by atoms with E-state index in [1.807, 2.05) is 4.90 Å². The third-order valence-electron chi connectivity index (χ3n) is 4.96. The molecule has 3 fully saturated rings. The maximum atomic E-state index is 13.2. The summed E-state index contributed by atoms with van der Waals surface area (Å²) < 4.78 is 32.0. The van der Waals surface area contributed by atoms with Gasteiger partial charge in [-0.3, -0.25) is 9.69 Å². The number of alkyl halides is 2. The number of ether oxygens (including phenoxy) is 1. The Balaban J connectivity index is 1.59. The lowest BCUT2D eigenvalue weighted by Crippen LogP contribution is -2.48. The topological polar surface area (TPSA) is 32.8 Å². The summed E-state index contributed by atoms with van der Waals surface area (Å²) in [5.74, 6) is -2.74. The zero-order chi connectivity index (χ0) is 14.3. The van der Waals surface area contributed by atoms with Gasteiger partial charge in [0.2, 0.25) is 11.8 Å². The largest absolute Gasteiger partial charge is 0.373 e. The van der Waals surface area contributed by atoms with Crippen LogP contribution in [0.4, 0.5) is 8.78 Å². The molecule has 4 nitrogen and oxygen atoms in total. The highest BCUT2D eigenvalue weighted by Crippen LogP contribution is 2.37. The summed E-state index contributed by atoms with van der Waals surface area (Å²) in [7, 11) is 2.05. The zero-order valence-electron chi connectivity index (χ0n) is 11.9. The summed E-state index contributed by atoms with van der Waals surface area (Å²) in [4.78, 5) is 16.5. The lowest BCUT2D eigenvalue weighted by molar-refractivity contribution is -0.139. The molecule has 20 heavy (non-hydrogen) atoms. The van der Waals surface area contributed by atoms with Crippen LogP contribution in [-0.2, 0) is 9.53 Å². The second-order valence-corrected chi connectivity index (χ2v) is 6.33. The lowest BCUT2D eigenvalue weighted by Gasteiger charge is -2.33. The molecule has 1 saturated carbocycles. The predicted molar refractivity (Wildman–Crippen MR) is 69.6 cm³/mol. The van der Waals surface area contributed by atoms with Crippen LogP contribution in [0.5, 0.6) is 0 Å². The molecule has 1 amide bonds. The standard InChI is InChI=1S/C14H22F2N2O2/c1-17-6-7-20-12-9-18(8-11(12)17)13(19)10-2-4-14(15,16)5-3-10/h10-12H,2-9H2,1H3/t11-,12+/m0/s1. The van der Waals surface area contributed by atoms with Crippen molar-refractivity contribution >= 4 is 5.91 Å². The Hall–Kier alpha value is -0.750. The third kappa shape index (κ3) is 2.68. The Morgan fingerprint density at radius 1 is 1.25 bits per heavy atom. The third-order valence-corrected chi connectivity index (χ3v) is 4.96. The van der Waals surface area contributed by atoms with Gasteiger partial charge in [-0.2, -0.15) is 0 Å². The van der Waals surface area contributed by atoms with E-state index < -0.39 is 5.92 Å². The maximum Gasteiger partial charge on any atom is 0.248 e. The molecule has 0 radical (unpaired) electrons. The predicted octanol–water partition coefficient (Wildman–Crippen LogP) is 1.35. The molecule has 0 aromatic carbocycles. The summed E-state index contributed by atoms with van der Waals surface area (Å²) in [5.41, 5.74) is 0. The number of amides is 1. The van der Waals surface area contributed by atoms with E-state index in [-0.39, 0.29) is 36.8 Å². The van der Waals surface area contributed by atoms with Gasteiger partial charge >= 0.3 is 0 Å². The SMILES string of the molecule is CN1CCO[C@@H]2CN(C(=O)C3CCC(F)(F)CC3)C[C@@H]21. The number of morpholine rings is 1. The number of halogens is 2. The fourth-order valence-corrected chi connectivity index (χ4v) is 3.58. The van der Waals surface area contributed by atoms with Crippen LogP contribution >= 0.6 is 0 Å². The minimum absolute atomic E-state index is 0.0481. The molecule has 1 aliphatic carbocycles. The summed E-state index contributed by atoms with van der Waals surface area (Å²) in [6.45, 7) is 2.88. The molecule has 0 bridgehead atoms. The molecule has 0 spiro atoms. The number of hydrogen-bond donors (Lipinski definition) is 0. The first kappa shape index (κ1) is 14.2. The number of carbonyl (C=O) groups is 1. The first-order chi connectivity index (χ1) is 9.46. The van der Waals surface area contributed by atoms with Crippen LogP contribution in [0.25, 0.3) is 0 Å². The van der Waals surface area contributed by atoms with E-state index in [4.69, 9.17) is 4.74 Å². The fourth-order valence-electron chi connectivity index (χ4n) is 3.58. The van der Waals surface area contributed by atoms with Crippen molar-refractivity contribution in [2.24, 2.45) is 5.92 Å². The summed E-state index contributed by atoms with van der Waals surface area (Å²) in [6.07, 6.45) is 0.409. The van der Waals surface area contributed by atoms with Crippen molar-refractivity contribution in [3.05, 3.63) is 0 Å². The van der Waals surface area contributed by atoms with Gasteiger partial charge in [0.05, 0.1) is 18.8 Å². The van der Waals surface area contributed by atoms with Crippen molar-refractivity contribution in [1.82, 2.24) is 9.80 Å². The normalized spacial score (nSPS) is 35.0. The van der Waals surface area contributed by atoms with Crippen LogP contribution in [0.15, 0.2) is 0 Å². The van der Waals surface area contributed by atoms with E-state index in [0.717, 1.165) is 6.54 Å². The lowest BCUT2D eigenvalue weighted by atomic mass is 9.86. The van der Waals surface area contributed by atoms with E-state index in [1.54, 1.807) is 0 Å². The number of carbonyl (C=O) groups excluding carboxylic acids is 1. The van der Waals surface area contributed by atoms with Crippen LogP contribution in [-0.4, -0.2) is 67.1 Å². The minimum atomic E-state index is -2.57. The summed E-state index contributed by atoms with van der Waals surface area (Å²) in [6, 6.07) is 0.262. The smallest absolute Gasteiger partial charge is 0.248 e. The van der Waals surface area contributed by atoms with Gasteiger partial charge in [0, 0.05) is 38.4 Å². The number of hydrogen-bond acceptors (Lipinski definition) is 3. The van der Waals surface area contributed by atoms with Gasteiger partial charge in [-0.15, -0.1) is 0 Å². The van der Waals surface area contributed by atoms with Gasteiger partial charge in [0.15, 0.2) is 0 Å². The average molecular weight is 288 g/mol. The first-order valence-corrected chi connectivity index (χ1v) is 7.45. The van der Waals surface area contributed by atoms with Crippen LogP contribution in [0.2, 0.25) is 0 Å². The molecule has 0 aromatic heterocycles. The molecule has 0 unspecified atom stereocenters. The number of likely N-dealkylation sites (N-methyl/N-ethyl adjacent to an activating group) is 1. The number of fused-ring (bicyclic) bond motifs is 1. The van der Waals surface area contributed by atoms with E-state index in [0.29, 0.717) is 32.5 Å². The van der Waals surface area contributed by atoms with Crippen molar-refractivity contribution in [3.8, 4) is 0 Å². The Morgan fingerprint density at radius 2 is 1.95 bits per heavy atom. The van der Waals surface area contributed by atoms with Gasteiger partial charge in [-0.25, -0.2) is 8.78 Å². The highest BCUT2D eigenvalue weighted by atomic mass is 19.3. The quantitative estimate of drug-likeness (QED) is 0.730. The van der Waals surface area contributed by atoms with Crippen molar-refractivity contribution in [2.45, 2.75) is 43.8 Å². The van der Waals surface area contributed by atoms with Crippen LogP contribution < -0.4 is 0 Å². The molecule has 2 atom stereocenters. The minimum Gasteiger partial charge on any atom is -0.373 e. The molecule has 114 valence electrons. The van der Waals surface area contributed by atoms with E-state index in [1.165, 1.54) is 0 Å². The van der Waals surface area contributed by atoms with Crippen molar-refractivity contribution in [2.75, 3.05) is 33.3 Å². The van der Waals surface area contributed by atoms with Gasteiger partial charge in [-0.05, 0) is 19.9 Å². The monoisotopic (exact) mass is 288 g/mol. The zero-order valence-corrected chi connectivity index (χ0v) is 11.9. The number of rotatable bonds is 1. The van der Waals surface area contributed by atoms with Gasteiger partial charge in [0.1, 0.15) is 0 Å². The summed E-state index contributed by atoms with van der Waals surface area (Å²) in [5, 5.41) is 0. The molecule has 0 aromatic rings. The Kier molecular flexibility index (Phi) is 3.71. The molecular weight excluding hydrogens is 266 g/mol. The second-order valence-electron chi connectivity index (χ2n) is 6.33. The second kappa shape index (κ2) is 5.22. The molecule has 3 aliphatic rings. The van der Waals surface area contributed by atoms with Crippen molar-refractivity contribution < 1.29 is 18.3 Å².